The number of aliphatic hydroxyl groups excluding tert-OH is 1. The summed E-state index contributed by atoms with van der Waals surface area (Å²) in [6.45, 7) is 0. The van der Waals surface area contributed by atoms with E-state index in [-0.39, 0.29) is 5.76 Å². The summed E-state index contributed by atoms with van der Waals surface area (Å²) in [5.74, 6) is -1.20. The first-order chi connectivity index (χ1) is 10.6. The first kappa shape index (κ1) is 15.7. The molecule has 114 valence electrons. The fourth-order valence-electron chi connectivity index (χ4n) is 1.68. The first-order valence-corrected chi connectivity index (χ1v) is 7.44. The maximum atomic E-state index is 12.2. The van der Waals surface area contributed by atoms with Crippen molar-refractivity contribution in [2.24, 2.45) is 0 Å². The van der Waals surface area contributed by atoms with Crippen LogP contribution in [0.1, 0.15) is 5.56 Å². The van der Waals surface area contributed by atoms with E-state index in [2.05, 4.69) is 4.72 Å². The van der Waals surface area contributed by atoms with Gasteiger partial charge >= 0.3 is 0 Å². The number of benzene rings is 2. The largest absolute Gasteiger partial charge is 0.507 e. The second-order valence-corrected chi connectivity index (χ2v) is 5.48. The fraction of sp³-hybridized carbons (Fsp3) is 0. The van der Waals surface area contributed by atoms with Crippen molar-refractivity contribution in [1.82, 2.24) is 5.48 Å². The number of rotatable bonds is 5. The molecule has 2 aromatic rings. The lowest BCUT2D eigenvalue weighted by Gasteiger charge is -2.07. The zero-order valence-electron chi connectivity index (χ0n) is 11.4. The van der Waals surface area contributed by atoms with Crippen molar-refractivity contribution in [3.8, 4) is 0 Å². The molecule has 1 amide bonds. The third-order valence-electron chi connectivity index (χ3n) is 2.71. The Morgan fingerprint density at radius 3 is 2.50 bits per heavy atom. The van der Waals surface area contributed by atoms with Crippen LogP contribution in [0.25, 0.3) is 5.76 Å². The minimum Gasteiger partial charge on any atom is -0.507 e. The van der Waals surface area contributed by atoms with Crippen LogP contribution >= 0.6 is 0 Å². The van der Waals surface area contributed by atoms with E-state index in [1.165, 1.54) is 11.5 Å². The quantitative estimate of drug-likeness (QED) is 0.294. The molecule has 0 aromatic heterocycles. The van der Waals surface area contributed by atoms with Gasteiger partial charge in [0.25, 0.3) is 5.91 Å². The summed E-state index contributed by atoms with van der Waals surface area (Å²) in [5.41, 5.74) is 2.40. The van der Waals surface area contributed by atoms with Crippen molar-refractivity contribution >= 4 is 28.3 Å². The summed E-state index contributed by atoms with van der Waals surface area (Å²) in [5, 5.41) is 18.2. The SMILES string of the molecule is O=C(/C=C(\O)c1cccc(S(=O)Nc2ccccc2)c1)NO. The van der Waals surface area contributed by atoms with Crippen LogP contribution in [0.15, 0.2) is 65.6 Å². The predicted octanol–water partition coefficient (Wildman–Crippen LogP) is 2.23. The molecule has 22 heavy (non-hydrogen) atoms. The van der Waals surface area contributed by atoms with E-state index >= 15 is 0 Å². The highest BCUT2D eigenvalue weighted by atomic mass is 32.2. The van der Waals surface area contributed by atoms with Crippen LogP contribution in [0.5, 0.6) is 0 Å². The summed E-state index contributed by atoms with van der Waals surface area (Å²) in [6, 6.07) is 15.3. The molecule has 0 aliphatic rings. The average molecular weight is 318 g/mol. The number of hydrogen-bond acceptors (Lipinski definition) is 4. The van der Waals surface area contributed by atoms with Gasteiger partial charge in [0.2, 0.25) is 0 Å². The molecule has 0 bridgehead atoms. The number of hydrogen-bond donors (Lipinski definition) is 4. The smallest absolute Gasteiger partial charge is 0.271 e. The van der Waals surface area contributed by atoms with Gasteiger partial charge in [0.05, 0.1) is 4.90 Å². The van der Waals surface area contributed by atoms with Gasteiger partial charge in [-0.15, -0.1) is 0 Å². The fourth-order valence-corrected chi connectivity index (χ4v) is 2.59. The molecular weight excluding hydrogens is 304 g/mol. The lowest BCUT2D eigenvalue weighted by Crippen LogP contribution is -2.15. The minimum absolute atomic E-state index is 0.310. The van der Waals surface area contributed by atoms with Crippen molar-refractivity contribution in [3.63, 3.8) is 0 Å². The molecule has 0 saturated carbocycles. The third-order valence-corrected chi connectivity index (χ3v) is 3.81. The lowest BCUT2D eigenvalue weighted by atomic mass is 10.2. The maximum Gasteiger partial charge on any atom is 0.271 e. The van der Waals surface area contributed by atoms with Crippen LogP contribution in [-0.4, -0.2) is 20.4 Å². The molecule has 0 aliphatic heterocycles. The van der Waals surface area contributed by atoms with Crippen molar-refractivity contribution in [1.29, 1.82) is 0 Å². The summed E-state index contributed by atoms with van der Waals surface area (Å²) in [7, 11) is -1.51. The first-order valence-electron chi connectivity index (χ1n) is 6.29. The van der Waals surface area contributed by atoms with Crippen molar-refractivity contribution < 1.29 is 19.3 Å². The molecule has 7 heteroatoms. The number of hydroxylamine groups is 1. The Hall–Kier alpha value is -2.64. The Labute approximate surface area is 129 Å². The Bertz CT molecular complexity index is 716. The molecule has 0 aliphatic carbocycles. The molecular formula is C15H14N2O4S. The Balaban J connectivity index is 2.19. The number of nitrogens with one attached hydrogen (secondary N) is 2. The zero-order valence-corrected chi connectivity index (χ0v) is 12.2. The van der Waals surface area contributed by atoms with Gasteiger partial charge < -0.3 is 9.83 Å². The van der Waals surface area contributed by atoms with Gasteiger partial charge in [0.1, 0.15) is 16.7 Å². The van der Waals surface area contributed by atoms with Crippen molar-refractivity contribution in [3.05, 3.63) is 66.2 Å². The Morgan fingerprint density at radius 1 is 1.09 bits per heavy atom. The third kappa shape index (κ3) is 4.18. The monoisotopic (exact) mass is 318 g/mol. The van der Waals surface area contributed by atoms with E-state index in [9.17, 15) is 14.1 Å². The molecule has 0 radical (unpaired) electrons. The van der Waals surface area contributed by atoms with Crippen molar-refractivity contribution in [2.45, 2.75) is 4.90 Å². The number of carbonyl (C=O) groups excluding carboxylic acids is 1. The molecule has 0 heterocycles. The van der Waals surface area contributed by atoms with Crippen LogP contribution in [0, 0.1) is 0 Å². The number of amides is 1. The summed E-state index contributed by atoms with van der Waals surface area (Å²) in [6.07, 6.45) is 0.826. The van der Waals surface area contributed by atoms with E-state index in [0.29, 0.717) is 16.1 Å². The van der Waals surface area contributed by atoms with Gasteiger partial charge in [-0.25, -0.2) is 9.69 Å². The summed E-state index contributed by atoms with van der Waals surface area (Å²) < 4.78 is 15.1. The van der Waals surface area contributed by atoms with E-state index in [0.717, 1.165) is 6.08 Å². The second kappa shape index (κ2) is 7.39. The summed E-state index contributed by atoms with van der Waals surface area (Å²) >= 11 is 0. The van der Waals surface area contributed by atoms with Crippen molar-refractivity contribution in [2.75, 3.05) is 4.72 Å². The molecule has 6 nitrogen and oxygen atoms in total. The second-order valence-electron chi connectivity index (χ2n) is 4.27. The van der Waals surface area contributed by atoms with Gasteiger partial charge in [-0.1, -0.05) is 30.3 Å². The molecule has 4 N–H and O–H groups in total. The standard InChI is InChI=1S/C15H14N2O4S/c18-14(10-15(19)16-20)11-5-4-8-13(9-11)22(21)17-12-6-2-1-3-7-12/h1-10,17-18,20H,(H,16,19)/b14-10-. The molecule has 2 rings (SSSR count). The number of aliphatic hydroxyl groups is 1. The van der Waals surface area contributed by atoms with Crippen LogP contribution in [0.3, 0.4) is 0 Å². The van der Waals surface area contributed by atoms with E-state index in [4.69, 9.17) is 5.21 Å². The predicted molar refractivity (Wildman–Crippen MR) is 83.5 cm³/mol. The number of para-hydroxylation sites is 1. The molecule has 1 atom stereocenters. The van der Waals surface area contributed by atoms with Crippen LogP contribution in [0.4, 0.5) is 5.69 Å². The highest BCUT2D eigenvalue weighted by molar-refractivity contribution is 7.86. The van der Waals surface area contributed by atoms with E-state index < -0.39 is 16.9 Å². The average Bonchev–Trinajstić information content (AvgIpc) is 2.55. The lowest BCUT2D eigenvalue weighted by molar-refractivity contribution is -0.124. The van der Waals surface area contributed by atoms with Gasteiger partial charge in [-0.05, 0) is 24.3 Å². The maximum absolute atomic E-state index is 12.2. The molecule has 0 spiro atoms. The number of carbonyl (C=O) groups is 1. The summed E-state index contributed by atoms with van der Waals surface area (Å²) in [4.78, 5) is 11.4. The van der Waals surface area contributed by atoms with E-state index in [1.807, 2.05) is 18.2 Å². The molecule has 0 fully saturated rings. The zero-order chi connectivity index (χ0) is 15.9. The van der Waals surface area contributed by atoms with E-state index in [1.54, 1.807) is 30.3 Å². The van der Waals surface area contributed by atoms with Gasteiger partial charge in [-0.2, -0.15) is 0 Å². The van der Waals surface area contributed by atoms with Gasteiger partial charge in [0.15, 0.2) is 0 Å². The van der Waals surface area contributed by atoms with Crippen LogP contribution in [0.2, 0.25) is 0 Å². The molecule has 1 unspecified atom stereocenters. The normalized spacial score (nSPS) is 12.5. The van der Waals surface area contributed by atoms with Crippen LogP contribution < -0.4 is 10.2 Å². The Morgan fingerprint density at radius 2 is 1.82 bits per heavy atom. The molecule has 2 aromatic carbocycles. The minimum atomic E-state index is -1.51. The molecule has 0 saturated heterocycles. The highest BCUT2D eigenvalue weighted by Crippen LogP contribution is 2.17. The topological polar surface area (TPSA) is 98.7 Å². The Kier molecular flexibility index (Phi) is 5.29. The highest BCUT2D eigenvalue weighted by Gasteiger charge is 2.08. The van der Waals surface area contributed by atoms with Crippen LogP contribution in [-0.2, 0) is 15.8 Å². The van der Waals surface area contributed by atoms with Gasteiger partial charge in [0, 0.05) is 17.3 Å². The number of anilines is 1. The van der Waals surface area contributed by atoms with Gasteiger partial charge in [-0.3, -0.25) is 10.0 Å².